The fourth-order valence-corrected chi connectivity index (χ4v) is 3.50. The summed E-state index contributed by atoms with van der Waals surface area (Å²) in [4.78, 5) is 28.4. The van der Waals surface area contributed by atoms with Crippen LogP contribution in [0.15, 0.2) is 42.5 Å². The van der Waals surface area contributed by atoms with Crippen molar-refractivity contribution in [3.8, 4) is 6.07 Å². The van der Waals surface area contributed by atoms with E-state index in [-0.39, 0.29) is 11.5 Å². The molecular weight excluding hydrogens is 392 g/mol. The fraction of sp³-hybridized carbons (Fsp3) is 0.286. The Kier molecular flexibility index (Phi) is 6.70. The molecule has 1 amide bonds. The monoisotopic (exact) mass is 412 g/mol. The van der Waals surface area contributed by atoms with Crippen LogP contribution in [0.3, 0.4) is 0 Å². The predicted octanol–water partition coefficient (Wildman–Crippen LogP) is 3.33. The van der Waals surface area contributed by atoms with E-state index in [1.54, 1.807) is 36.4 Å². The van der Waals surface area contributed by atoms with Crippen LogP contribution in [-0.4, -0.2) is 54.6 Å². The van der Waals surface area contributed by atoms with Gasteiger partial charge in [-0.1, -0.05) is 17.7 Å². The Bertz CT molecular complexity index is 949. The minimum absolute atomic E-state index is 0.138. The molecule has 0 radical (unpaired) electrons. The fourth-order valence-electron chi connectivity index (χ4n) is 3.31. The normalized spacial score (nSPS) is 14.3. The van der Waals surface area contributed by atoms with Gasteiger partial charge in [-0.05, 0) is 36.4 Å². The molecule has 0 aromatic heterocycles. The van der Waals surface area contributed by atoms with Gasteiger partial charge in [0.1, 0.15) is 0 Å². The van der Waals surface area contributed by atoms with Crippen LogP contribution in [0.4, 0.5) is 11.4 Å². The van der Waals surface area contributed by atoms with Crippen molar-refractivity contribution in [2.45, 2.75) is 6.42 Å². The Hall–Kier alpha value is -3.08. The quantitative estimate of drug-likeness (QED) is 0.755. The molecule has 3 rings (SSSR count). The molecule has 2 aromatic carbocycles. The maximum atomic E-state index is 12.4. The number of hydrogen-bond acceptors (Lipinski definition) is 5. The molecule has 7 nitrogen and oxygen atoms in total. The number of piperazine rings is 1. The van der Waals surface area contributed by atoms with Crippen molar-refractivity contribution in [3.05, 3.63) is 58.6 Å². The maximum Gasteiger partial charge on any atom is 0.337 e. The van der Waals surface area contributed by atoms with E-state index in [1.807, 2.05) is 4.90 Å². The first kappa shape index (κ1) is 20.6. The summed E-state index contributed by atoms with van der Waals surface area (Å²) < 4.78 is 0. The summed E-state index contributed by atoms with van der Waals surface area (Å²) >= 11 is 5.92. The Morgan fingerprint density at radius 1 is 1.14 bits per heavy atom. The lowest BCUT2D eigenvalue weighted by molar-refractivity contribution is 0.0697. The highest BCUT2D eigenvalue weighted by Gasteiger charge is 2.22. The van der Waals surface area contributed by atoms with Gasteiger partial charge in [0.15, 0.2) is 0 Å². The van der Waals surface area contributed by atoms with Gasteiger partial charge in [0.25, 0.3) is 5.91 Å². The number of halogens is 1. The van der Waals surface area contributed by atoms with Gasteiger partial charge in [-0.2, -0.15) is 5.26 Å². The van der Waals surface area contributed by atoms with E-state index in [2.05, 4.69) is 16.3 Å². The highest BCUT2D eigenvalue weighted by molar-refractivity contribution is 6.31. The largest absolute Gasteiger partial charge is 0.478 e. The number of hydrogen-bond donors (Lipinski definition) is 2. The summed E-state index contributed by atoms with van der Waals surface area (Å²) in [7, 11) is 0. The van der Waals surface area contributed by atoms with Gasteiger partial charge >= 0.3 is 5.97 Å². The highest BCUT2D eigenvalue weighted by atomic mass is 35.5. The zero-order valence-electron chi connectivity index (χ0n) is 15.8. The van der Waals surface area contributed by atoms with Gasteiger partial charge in [0.05, 0.1) is 17.3 Å². The number of benzene rings is 2. The summed E-state index contributed by atoms with van der Waals surface area (Å²) in [6.45, 7) is 3.63. The number of nitrogens with zero attached hydrogens (tertiary/aromatic N) is 3. The van der Waals surface area contributed by atoms with Gasteiger partial charge in [-0.3, -0.25) is 9.69 Å². The number of carboxylic acids is 1. The van der Waals surface area contributed by atoms with E-state index in [0.717, 1.165) is 19.6 Å². The smallest absolute Gasteiger partial charge is 0.337 e. The Balaban J connectivity index is 1.73. The van der Waals surface area contributed by atoms with E-state index >= 15 is 0 Å². The second-order valence-electron chi connectivity index (χ2n) is 6.74. The van der Waals surface area contributed by atoms with Crippen LogP contribution >= 0.6 is 11.6 Å². The zero-order valence-corrected chi connectivity index (χ0v) is 16.5. The van der Waals surface area contributed by atoms with E-state index in [1.165, 1.54) is 6.07 Å². The molecule has 2 N–H and O–H groups in total. The van der Waals surface area contributed by atoms with Gasteiger partial charge in [-0.15, -0.1) is 0 Å². The lowest BCUT2D eigenvalue weighted by Gasteiger charge is -2.36. The number of nitrogens with one attached hydrogen (secondary N) is 1. The summed E-state index contributed by atoms with van der Waals surface area (Å²) in [5, 5.41) is 21.6. The molecule has 0 spiro atoms. The maximum absolute atomic E-state index is 12.4. The van der Waals surface area contributed by atoms with Crippen molar-refractivity contribution in [2.75, 3.05) is 42.9 Å². The number of anilines is 2. The van der Waals surface area contributed by atoms with E-state index in [9.17, 15) is 14.7 Å². The first-order valence-electron chi connectivity index (χ1n) is 9.26. The Morgan fingerprint density at radius 3 is 2.55 bits per heavy atom. The second-order valence-corrected chi connectivity index (χ2v) is 7.17. The number of carboxylic acid groups (broad SMARTS) is 1. The van der Waals surface area contributed by atoms with E-state index in [4.69, 9.17) is 16.9 Å². The molecule has 1 aliphatic heterocycles. The summed E-state index contributed by atoms with van der Waals surface area (Å²) in [6.07, 6.45) is 0.487. The van der Waals surface area contributed by atoms with Crippen molar-refractivity contribution >= 4 is 34.9 Å². The SMILES string of the molecule is N#CCCN1CCN(c2ccc(NC(=O)c3cccc(Cl)c3)cc2C(=O)O)CC1. The van der Waals surface area contributed by atoms with Crippen molar-refractivity contribution in [2.24, 2.45) is 0 Å². The lowest BCUT2D eigenvalue weighted by Crippen LogP contribution is -2.47. The third-order valence-corrected chi connectivity index (χ3v) is 5.06. The molecule has 1 fully saturated rings. The van der Waals surface area contributed by atoms with Crippen LogP contribution in [0.2, 0.25) is 5.02 Å². The molecule has 2 aromatic rings. The van der Waals surface area contributed by atoms with E-state index < -0.39 is 5.97 Å². The highest BCUT2D eigenvalue weighted by Crippen LogP contribution is 2.26. The molecule has 0 bridgehead atoms. The van der Waals surface area contributed by atoms with Gasteiger partial charge in [-0.25, -0.2) is 4.79 Å². The summed E-state index contributed by atoms with van der Waals surface area (Å²) in [5.41, 5.74) is 1.56. The third kappa shape index (κ3) is 5.25. The Labute approximate surface area is 174 Å². The standard InChI is InChI=1S/C21H21ClN4O3/c22-16-4-1-3-15(13-16)20(27)24-17-5-6-19(18(14-17)21(28)29)26-11-9-25(10-12-26)8-2-7-23/h1,3-6,13-14H,2,8-12H2,(H,24,27)(H,28,29). The average Bonchev–Trinajstić information content (AvgIpc) is 2.72. The van der Waals surface area contributed by atoms with Gasteiger partial charge < -0.3 is 15.3 Å². The molecule has 150 valence electrons. The molecule has 1 heterocycles. The van der Waals surface area contributed by atoms with Crippen LogP contribution in [-0.2, 0) is 0 Å². The van der Waals surface area contributed by atoms with Gasteiger partial charge in [0.2, 0.25) is 0 Å². The average molecular weight is 413 g/mol. The van der Waals surface area contributed by atoms with Crippen LogP contribution in [0, 0.1) is 11.3 Å². The van der Waals surface area contributed by atoms with Crippen LogP contribution in [0.1, 0.15) is 27.1 Å². The first-order valence-corrected chi connectivity index (χ1v) is 9.64. The second kappa shape index (κ2) is 9.41. The minimum Gasteiger partial charge on any atom is -0.478 e. The van der Waals surface area contributed by atoms with Crippen molar-refractivity contribution < 1.29 is 14.7 Å². The molecule has 0 unspecified atom stereocenters. The molecule has 1 saturated heterocycles. The number of aromatic carboxylic acids is 1. The van der Waals surface area contributed by atoms with Crippen LogP contribution in [0.5, 0.6) is 0 Å². The lowest BCUT2D eigenvalue weighted by atomic mass is 10.1. The molecule has 0 atom stereocenters. The number of carbonyl (C=O) groups excluding carboxylic acids is 1. The molecular formula is C21H21ClN4O3. The number of rotatable bonds is 6. The van der Waals surface area contributed by atoms with Gasteiger partial charge in [0, 0.05) is 55.4 Å². The zero-order chi connectivity index (χ0) is 20.8. The number of amides is 1. The number of carbonyl (C=O) groups is 2. The Morgan fingerprint density at radius 2 is 1.90 bits per heavy atom. The predicted molar refractivity (Wildman–Crippen MR) is 112 cm³/mol. The summed E-state index contributed by atoms with van der Waals surface area (Å²) in [5.74, 6) is -1.41. The van der Waals surface area contributed by atoms with Crippen molar-refractivity contribution in [1.29, 1.82) is 5.26 Å². The molecule has 0 aliphatic carbocycles. The van der Waals surface area contributed by atoms with Crippen molar-refractivity contribution in [3.63, 3.8) is 0 Å². The van der Waals surface area contributed by atoms with Crippen LogP contribution in [0.25, 0.3) is 0 Å². The van der Waals surface area contributed by atoms with Crippen molar-refractivity contribution in [1.82, 2.24) is 4.90 Å². The molecule has 8 heteroatoms. The number of nitriles is 1. The topological polar surface area (TPSA) is 96.7 Å². The third-order valence-electron chi connectivity index (χ3n) is 4.82. The molecule has 0 saturated carbocycles. The van der Waals surface area contributed by atoms with E-state index in [0.29, 0.717) is 41.5 Å². The summed E-state index contributed by atoms with van der Waals surface area (Å²) in [6, 6.07) is 13.6. The van der Waals surface area contributed by atoms with Crippen LogP contribution < -0.4 is 10.2 Å². The molecule has 29 heavy (non-hydrogen) atoms. The minimum atomic E-state index is -1.05. The first-order chi connectivity index (χ1) is 14.0. The molecule has 1 aliphatic rings.